The first-order valence-electron chi connectivity index (χ1n) is 4.31. The van der Waals surface area contributed by atoms with Gasteiger partial charge in [-0.05, 0) is 25.3 Å². The van der Waals surface area contributed by atoms with Gasteiger partial charge >= 0.3 is 0 Å². The largest absolute Gasteiger partial charge is 0.490 e. The molecule has 3 heteroatoms. The second-order valence-electron chi connectivity index (χ2n) is 2.85. The molecule has 1 heterocycles. The molecule has 0 aliphatic carbocycles. The number of carbonyl (C=O) groups is 1. The van der Waals surface area contributed by atoms with Crippen molar-refractivity contribution in [2.75, 3.05) is 6.61 Å². The minimum Gasteiger partial charge on any atom is -0.490 e. The third kappa shape index (κ3) is 2.08. The SMILES string of the molecule is CCC(O)C(=O)C1=CCCCO1. The van der Waals surface area contributed by atoms with Crippen molar-refractivity contribution in [1.29, 1.82) is 0 Å². The number of hydrogen-bond donors (Lipinski definition) is 1. The van der Waals surface area contributed by atoms with Crippen LogP contribution in [0.3, 0.4) is 0 Å². The van der Waals surface area contributed by atoms with Crippen molar-refractivity contribution in [3.8, 4) is 0 Å². The van der Waals surface area contributed by atoms with Gasteiger partial charge in [0, 0.05) is 0 Å². The van der Waals surface area contributed by atoms with Crippen LogP contribution in [0.2, 0.25) is 0 Å². The number of hydrogen-bond acceptors (Lipinski definition) is 3. The van der Waals surface area contributed by atoms with E-state index in [0.29, 0.717) is 18.8 Å². The Balaban J connectivity index is 2.56. The molecular formula is C9H14O3. The van der Waals surface area contributed by atoms with Crippen molar-refractivity contribution in [2.24, 2.45) is 0 Å². The molecule has 0 aromatic rings. The summed E-state index contributed by atoms with van der Waals surface area (Å²) in [6.45, 7) is 2.36. The molecule has 1 rings (SSSR count). The second-order valence-corrected chi connectivity index (χ2v) is 2.85. The van der Waals surface area contributed by atoms with E-state index in [4.69, 9.17) is 4.74 Å². The molecule has 12 heavy (non-hydrogen) atoms. The Morgan fingerprint density at radius 3 is 3.08 bits per heavy atom. The monoisotopic (exact) mass is 170 g/mol. The van der Waals surface area contributed by atoms with Crippen molar-refractivity contribution >= 4 is 5.78 Å². The smallest absolute Gasteiger partial charge is 0.225 e. The minimum atomic E-state index is -0.894. The number of ketones is 1. The zero-order valence-corrected chi connectivity index (χ0v) is 7.25. The Bertz CT molecular complexity index is 196. The molecule has 3 nitrogen and oxygen atoms in total. The van der Waals surface area contributed by atoms with E-state index in [2.05, 4.69) is 0 Å². The summed E-state index contributed by atoms with van der Waals surface area (Å²) in [5, 5.41) is 9.21. The Morgan fingerprint density at radius 2 is 2.58 bits per heavy atom. The summed E-state index contributed by atoms with van der Waals surface area (Å²) in [4.78, 5) is 11.3. The molecular weight excluding hydrogens is 156 g/mol. The van der Waals surface area contributed by atoms with E-state index in [1.165, 1.54) is 0 Å². The standard InChI is InChI=1S/C9H14O3/c1-2-7(10)9(11)8-5-3-4-6-12-8/h5,7,10H,2-4,6H2,1H3. The fraction of sp³-hybridized carbons (Fsp3) is 0.667. The van der Waals surface area contributed by atoms with Gasteiger partial charge in [-0.3, -0.25) is 4.79 Å². The summed E-state index contributed by atoms with van der Waals surface area (Å²) in [7, 11) is 0. The highest BCUT2D eigenvalue weighted by Gasteiger charge is 2.20. The van der Waals surface area contributed by atoms with Gasteiger partial charge in [-0.15, -0.1) is 0 Å². The van der Waals surface area contributed by atoms with Crippen molar-refractivity contribution in [3.63, 3.8) is 0 Å². The van der Waals surface area contributed by atoms with Crippen LogP contribution in [0.4, 0.5) is 0 Å². The molecule has 0 saturated heterocycles. The fourth-order valence-electron chi connectivity index (χ4n) is 1.08. The predicted octanol–water partition coefficient (Wildman–Crippen LogP) is 1.02. The van der Waals surface area contributed by atoms with E-state index in [9.17, 15) is 9.90 Å². The molecule has 0 saturated carbocycles. The van der Waals surface area contributed by atoms with Gasteiger partial charge in [-0.2, -0.15) is 0 Å². The van der Waals surface area contributed by atoms with Gasteiger partial charge in [0.2, 0.25) is 5.78 Å². The lowest BCUT2D eigenvalue weighted by Gasteiger charge is -2.15. The lowest BCUT2D eigenvalue weighted by Crippen LogP contribution is -2.23. The van der Waals surface area contributed by atoms with Gasteiger partial charge in [-0.1, -0.05) is 6.92 Å². The topological polar surface area (TPSA) is 46.5 Å². The van der Waals surface area contributed by atoms with Crippen molar-refractivity contribution < 1.29 is 14.6 Å². The summed E-state index contributed by atoms with van der Waals surface area (Å²) in [5.41, 5.74) is 0. The Morgan fingerprint density at radius 1 is 1.83 bits per heavy atom. The minimum absolute atomic E-state index is 0.280. The Labute approximate surface area is 72.0 Å². The molecule has 68 valence electrons. The highest BCUT2D eigenvalue weighted by atomic mass is 16.5. The first-order chi connectivity index (χ1) is 5.75. The average molecular weight is 170 g/mol. The molecule has 0 bridgehead atoms. The van der Waals surface area contributed by atoms with Crippen LogP contribution in [0.15, 0.2) is 11.8 Å². The Hall–Kier alpha value is -0.830. The molecule has 0 aromatic heterocycles. The van der Waals surface area contributed by atoms with Crippen LogP contribution in [0.1, 0.15) is 26.2 Å². The first-order valence-corrected chi connectivity index (χ1v) is 4.31. The Kier molecular flexibility index (Phi) is 3.29. The molecule has 0 aromatic carbocycles. The number of rotatable bonds is 3. The molecule has 0 amide bonds. The van der Waals surface area contributed by atoms with E-state index in [-0.39, 0.29) is 5.78 Å². The number of allylic oxidation sites excluding steroid dienone is 1. The van der Waals surface area contributed by atoms with Crippen molar-refractivity contribution in [1.82, 2.24) is 0 Å². The third-order valence-electron chi connectivity index (χ3n) is 1.87. The van der Waals surface area contributed by atoms with Gasteiger partial charge < -0.3 is 9.84 Å². The molecule has 1 aliphatic rings. The number of aliphatic hydroxyl groups excluding tert-OH is 1. The van der Waals surface area contributed by atoms with Crippen LogP contribution in [0, 0.1) is 0 Å². The lowest BCUT2D eigenvalue weighted by molar-refractivity contribution is -0.127. The number of aliphatic hydroxyl groups is 1. The van der Waals surface area contributed by atoms with Crippen LogP contribution in [0.25, 0.3) is 0 Å². The van der Waals surface area contributed by atoms with Gasteiger partial charge in [0.25, 0.3) is 0 Å². The summed E-state index contributed by atoms with van der Waals surface area (Å²) in [6.07, 6.45) is 3.13. The summed E-state index contributed by atoms with van der Waals surface area (Å²) in [6, 6.07) is 0. The van der Waals surface area contributed by atoms with Gasteiger partial charge in [0.05, 0.1) is 6.61 Å². The maximum atomic E-state index is 11.3. The highest BCUT2D eigenvalue weighted by Crippen LogP contribution is 2.13. The summed E-state index contributed by atoms with van der Waals surface area (Å²) >= 11 is 0. The van der Waals surface area contributed by atoms with E-state index in [0.717, 1.165) is 12.8 Å². The van der Waals surface area contributed by atoms with Gasteiger partial charge in [0.15, 0.2) is 5.76 Å². The zero-order chi connectivity index (χ0) is 8.97. The summed E-state index contributed by atoms with van der Waals surface area (Å²) in [5.74, 6) is 0.0628. The van der Waals surface area contributed by atoms with Gasteiger partial charge in [-0.25, -0.2) is 0 Å². The zero-order valence-electron chi connectivity index (χ0n) is 7.25. The molecule has 0 spiro atoms. The maximum absolute atomic E-state index is 11.3. The quantitative estimate of drug-likeness (QED) is 0.687. The number of ether oxygens (including phenoxy) is 1. The maximum Gasteiger partial charge on any atom is 0.225 e. The third-order valence-corrected chi connectivity index (χ3v) is 1.87. The van der Waals surface area contributed by atoms with Crippen LogP contribution in [-0.2, 0) is 9.53 Å². The predicted molar refractivity (Wildman–Crippen MR) is 44.6 cm³/mol. The number of carbonyl (C=O) groups excluding carboxylic acids is 1. The van der Waals surface area contributed by atoms with E-state index in [1.807, 2.05) is 0 Å². The molecule has 1 atom stereocenters. The highest BCUT2D eigenvalue weighted by molar-refractivity contribution is 5.96. The van der Waals surface area contributed by atoms with Crippen LogP contribution < -0.4 is 0 Å². The van der Waals surface area contributed by atoms with Crippen molar-refractivity contribution in [2.45, 2.75) is 32.3 Å². The summed E-state index contributed by atoms with van der Waals surface area (Å²) < 4.78 is 5.11. The van der Waals surface area contributed by atoms with Crippen LogP contribution in [-0.4, -0.2) is 23.6 Å². The number of Topliss-reactive ketones (excluding diaryl/α,β-unsaturated/α-hetero) is 1. The van der Waals surface area contributed by atoms with Crippen LogP contribution >= 0.6 is 0 Å². The molecule has 0 radical (unpaired) electrons. The second kappa shape index (κ2) is 4.26. The lowest BCUT2D eigenvalue weighted by atomic mass is 10.1. The normalized spacial score (nSPS) is 19.3. The van der Waals surface area contributed by atoms with E-state index >= 15 is 0 Å². The fourth-order valence-corrected chi connectivity index (χ4v) is 1.08. The molecule has 1 aliphatic heterocycles. The van der Waals surface area contributed by atoms with E-state index < -0.39 is 6.10 Å². The van der Waals surface area contributed by atoms with Crippen molar-refractivity contribution in [3.05, 3.63) is 11.8 Å². The molecule has 1 unspecified atom stereocenters. The molecule has 1 N–H and O–H groups in total. The average Bonchev–Trinajstić information content (AvgIpc) is 2.17. The van der Waals surface area contributed by atoms with Crippen LogP contribution in [0.5, 0.6) is 0 Å². The van der Waals surface area contributed by atoms with E-state index in [1.54, 1.807) is 13.0 Å². The first kappa shape index (κ1) is 9.26. The van der Waals surface area contributed by atoms with Gasteiger partial charge in [0.1, 0.15) is 6.10 Å². The molecule has 0 fully saturated rings.